The first-order valence-corrected chi connectivity index (χ1v) is 10.0. The molecule has 3 heterocycles. The van der Waals surface area contributed by atoms with E-state index in [0.29, 0.717) is 4.31 Å². The molecule has 3 atom stereocenters. The second kappa shape index (κ2) is 6.95. The summed E-state index contributed by atoms with van der Waals surface area (Å²) in [6, 6.07) is 1.92. The van der Waals surface area contributed by atoms with Crippen LogP contribution in [0.3, 0.4) is 0 Å². The normalized spacial score (nSPS) is 23.4. The number of nitrogens with zero attached hydrogens (tertiary/aromatic N) is 2. The van der Waals surface area contributed by atoms with Crippen LogP contribution < -0.4 is 5.48 Å². The molecular formula is C14H17N3O7S2. The van der Waals surface area contributed by atoms with E-state index in [1.807, 2.05) is 17.5 Å². The summed E-state index contributed by atoms with van der Waals surface area (Å²) in [5.41, 5.74) is 2.20. The number of carbonyl (C=O) groups excluding carboxylic acids is 3. The van der Waals surface area contributed by atoms with Crippen molar-refractivity contribution in [3.05, 3.63) is 22.4 Å². The molecule has 2 aliphatic heterocycles. The Morgan fingerprint density at radius 1 is 1.50 bits per heavy atom. The number of nitrogens with one attached hydrogen (secondary N) is 1. The van der Waals surface area contributed by atoms with Crippen LogP contribution in [0.15, 0.2) is 17.5 Å². The first-order valence-electron chi connectivity index (χ1n) is 7.77. The van der Waals surface area contributed by atoms with Gasteiger partial charge in [-0.05, 0) is 24.8 Å². The second-order valence-corrected chi connectivity index (χ2v) is 8.32. The summed E-state index contributed by atoms with van der Waals surface area (Å²) in [6.07, 6.45) is 0.213. The van der Waals surface area contributed by atoms with Crippen LogP contribution in [0.2, 0.25) is 0 Å². The fourth-order valence-corrected chi connectivity index (χ4v) is 4.60. The van der Waals surface area contributed by atoms with Crippen LogP contribution in [-0.4, -0.2) is 58.5 Å². The number of carbonyl (C=O) groups is 3. The number of hydrogen-bond donors (Lipinski definition) is 2. The SMILES string of the molecule is CC(C(=O)NOCc1cccs1)C(=O)N1CC[C@@H]2[C@H]1C(=O)N2S(=O)(=O)O. The number of β-lactam (4-membered cyclic amide) rings is 1. The molecule has 3 amide bonds. The number of likely N-dealkylation sites (tertiary alicyclic amines) is 1. The fourth-order valence-electron chi connectivity index (χ4n) is 3.09. The van der Waals surface area contributed by atoms with Crippen molar-refractivity contribution in [2.45, 2.75) is 32.0 Å². The van der Waals surface area contributed by atoms with Gasteiger partial charge in [-0.15, -0.1) is 11.3 Å². The highest BCUT2D eigenvalue weighted by Crippen LogP contribution is 2.36. The fraction of sp³-hybridized carbons (Fsp3) is 0.500. The molecule has 0 spiro atoms. The third-order valence-electron chi connectivity index (χ3n) is 4.40. The Labute approximate surface area is 153 Å². The highest BCUT2D eigenvalue weighted by molar-refractivity contribution is 7.84. The van der Waals surface area contributed by atoms with E-state index in [4.69, 9.17) is 9.39 Å². The molecule has 3 rings (SSSR count). The van der Waals surface area contributed by atoms with Crippen LogP contribution in [0, 0.1) is 5.92 Å². The number of fused-ring (bicyclic) bond motifs is 1. The van der Waals surface area contributed by atoms with E-state index in [2.05, 4.69) is 5.48 Å². The molecule has 10 nitrogen and oxygen atoms in total. The van der Waals surface area contributed by atoms with Gasteiger partial charge < -0.3 is 4.90 Å². The maximum absolute atomic E-state index is 12.5. The summed E-state index contributed by atoms with van der Waals surface area (Å²) in [7, 11) is -4.64. The number of hydrogen-bond acceptors (Lipinski definition) is 7. The van der Waals surface area contributed by atoms with Gasteiger partial charge >= 0.3 is 10.3 Å². The van der Waals surface area contributed by atoms with E-state index in [0.717, 1.165) is 4.88 Å². The molecule has 0 bridgehead atoms. The Kier molecular flexibility index (Phi) is 5.01. The van der Waals surface area contributed by atoms with Crippen LogP contribution in [0.5, 0.6) is 0 Å². The van der Waals surface area contributed by atoms with Crippen molar-refractivity contribution >= 4 is 39.4 Å². The summed E-state index contributed by atoms with van der Waals surface area (Å²) in [4.78, 5) is 43.7. The van der Waals surface area contributed by atoms with Crippen LogP contribution in [-0.2, 0) is 36.1 Å². The van der Waals surface area contributed by atoms with Gasteiger partial charge in [0.2, 0.25) is 5.91 Å². The zero-order valence-corrected chi connectivity index (χ0v) is 15.3. The van der Waals surface area contributed by atoms with Crippen molar-refractivity contribution in [2.75, 3.05) is 6.54 Å². The lowest BCUT2D eigenvalue weighted by Crippen LogP contribution is -2.68. The van der Waals surface area contributed by atoms with Gasteiger partial charge in [-0.2, -0.15) is 8.42 Å². The van der Waals surface area contributed by atoms with E-state index in [9.17, 15) is 22.8 Å². The topological polar surface area (TPSA) is 133 Å². The molecule has 1 aromatic heterocycles. The molecule has 142 valence electrons. The van der Waals surface area contributed by atoms with E-state index >= 15 is 0 Å². The van der Waals surface area contributed by atoms with Crippen molar-refractivity contribution in [2.24, 2.45) is 5.92 Å². The largest absolute Gasteiger partial charge is 0.362 e. The van der Waals surface area contributed by atoms with Gasteiger partial charge in [0.25, 0.3) is 11.8 Å². The standard InChI is InChI=1S/C14H17N3O7S2/c1-8(12(18)15-24-7-9-3-2-6-25-9)13(19)16-5-4-10-11(16)14(20)17(10)26(21,22)23/h2-3,6,8,10-11H,4-5,7H2,1H3,(H,15,18)(H,21,22,23)/t8?,10-,11+/m1/s1. The quantitative estimate of drug-likeness (QED) is 0.284. The first kappa shape index (κ1) is 18.8. The molecule has 0 saturated carbocycles. The van der Waals surface area contributed by atoms with Crippen LogP contribution >= 0.6 is 11.3 Å². The second-order valence-electron chi connectivity index (χ2n) is 6.00. The predicted molar refractivity (Wildman–Crippen MR) is 88.7 cm³/mol. The molecule has 1 aromatic rings. The van der Waals surface area contributed by atoms with Crippen molar-refractivity contribution in [3.8, 4) is 0 Å². The Balaban J connectivity index is 1.56. The molecule has 0 radical (unpaired) electrons. The molecule has 0 aromatic carbocycles. The Hall–Kier alpha value is -2.02. The summed E-state index contributed by atoms with van der Waals surface area (Å²) in [5, 5.41) is 1.86. The van der Waals surface area contributed by atoms with E-state index in [1.54, 1.807) is 0 Å². The van der Waals surface area contributed by atoms with E-state index in [-0.39, 0.29) is 19.6 Å². The van der Waals surface area contributed by atoms with Crippen LogP contribution in [0.4, 0.5) is 0 Å². The number of hydroxylamine groups is 1. The number of rotatable bonds is 6. The lowest BCUT2D eigenvalue weighted by Gasteiger charge is -2.42. The third kappa shape index (κ3) is 3.32. The highest BCUT2D eigenvalue weighted by atomic mass is 32.2. The summed E-state index contributed by atoms with van der Waals surface area (Å²) < 4.78 is 31.8. The average molecular weight is 403 g/mol. The molecule has 1 unspecified atom stereocenters. The third-order valence-corrected chi connectivity index (χ3v) is 6.20. The zero-order valence-electron chi connectivity index (χ0n) is 13.7. The zero-order chi connectivity index (χ0) is 19.1. The Bertz CT molecular complexity index is 824. The van der Waals surface area contributed by atoms with Gasteiger partial charge in [-0.3, -0.25) is 23.8 Å². The highest BCUT2D eigenvalue weighted by Gasteiger charge is 2.60. The average Bonchev–Trinajstić information content (AvgIpc) is 3.19. The maximum atomic E-state index is 12.5. The molecule has 12 heteroatoms. The van der Waals surface area contributed by atoms with Crippen molar-refractivity contribution in [1.82, 2.24) is 14.7 Å². The van der Waals surface area contributed by atoms with E-state index < -0.39 is 46.0 Å². The van der Waals surface area contributed by atoms with Crippen molar-refractivity contribution in [3.63, 3.8) is 0 Å². The molecule has 2 N–H and O–H groups in total. The van der Waals surface area contributed by atoms with Crippen LogP contribution in [0.25, 0.3) is 0 Å². The lowest BCUT2D eigenvalue weighted by atomic mass is 9.99. The van der Waals surface area contributed by atoms with Crippen molar-refractivity contribution < 1.29 is 32.2 Å². The molecule has 2 fully saturated rings. The number of amides is 3. The van der Waals surface area contributed by atoms with Gasteiger partial charge in [-0.1, -0.05) is 6.07 Å². The summed E-state index contributed by atoms with van der Waals surface area (Å²) in [6.45, 7) is 1.67. The molecule has 0 aliphatic carbocycles. The first-order chi connectivity index (χ1) is 12.2. The minimum Gasteiger partial charge on any atom is -0.328 e. The van der Waals surface area contributed by atoms with Gasteiger partial charge in [-0.25, -0.2) is 9.79 Å². The number of thiophene rings is 1. The minimum absolute atomic E-state index is 0.125. The predicted octanol–water partition coefficient (Wildman–Crippen LogP) is -0.453. The van der Waals surface area contributed by atoms with E-state index in [1.165, 1.54) is 23.2 Å². The summed E-state index contributed by atoms with van der Waals surface area (Å²) >= 11 is 1.46. The van der Waals surface area contributed by atoms with Gasteiger partial charge in [0, 0.05) is 11.4 Å². The smallest absolute Gasteiger partial charge is 0.328 e. The lowest BCUT2D eigenvalue weighted by molar-refractivity contribution is -0.157. The van der Waals surface area contributed by atoms with Gasteiger partial charge in [0.05, 0.1) is 6.04 Å². The molecular weight excluding hydrogens is 386 g/mol. The van der Waals surface area contributed by atoms with Crippen LogP contribution in [0.1, 0.15) is 18.2 Å². The molecule has 2 aliphatic rings. The Morgan fingerprint density at radius 2 is 2.23 bits per heavy atom. The molecule has 2 saturated heterocycles. The monoisotopic (exact) mass is 403 g/mol. The maximum Gasteiger partial charge on any atom is 0.362 e. The Morgan fingerprint density at radius 3 is 2.85 bits per heavy atom. The van der Waals surface area contributed by atoms with Gasteiger partial charge in [0.15, 0.2) is 0 Å². The minimum atomic E-state index is -4.64. The van der Waals surface area contributed by atoms with Crippen molar-refractivity contribution in [1.29, 1.82) is 0 Å². The summed E-state index contributed by atoms with van der Waals surface area (Å²) in [5.74, 6) is -3.24. The molecule has 26 heavy (non-hydrogen) atoms. The van der Waals surface area contributed by atoms with Gasteiger partial charge in [0.1, 0.15) is 18.6 Å².